The summed E-state index contributed by atoms with van der Waals surface area (Å²) < 4.78 is 17.7. The maximum Gasteiger partial charge on any atom is 0.125 e. The lowest BCUT2D eigenvalue weighted by Crippen LogP contribution is -2.07. The van der Waals surface area contributed by atoms with Gasteiger partial charge >= 0.3 is 0 Å². The van der Waals surface area contributed by atoms with Crippen molar-refractivity contribution in [2.24, 2.45) is 0 Å². The van der Waals surface area contributed by atoms with E-state index in [2.05, 4.69) is 39.8 Å². The first-order valence-electron chi connectivity index (χ1n) is 9.91. The summed E-state index contributed by atoms with van der Waals surface area (Å²) in [6.07, 6.45) is 5.93. The highest BCUT2D eigenvalue weighted by Gasteiger charge is 2.14. The Kier molecular flexibility index (Phi) is 4.59. The predicted molar refractivity (Wildman–Crippen MR) is 115 cm³/mol. The molecule has 0 N–H and O–H groups in total. The third-order valence-corrected chi connectivity index (χ3v) is 5.27. The fourth-order valence-electron chi connectivity index (χ4n) is 3.86. The van der Waals surface area contributed by atoms with Crippen LogP contribution in [0.3, 0.4) is 0 Å². The van der Waals surface area contributed by atoms with Gasteiger partial charge in [0.15, 0.2) is 0 Å². The molecule has 0 aliphatic heterocycles. The van der Waals surface area contributed by atoms with Crippen LogP contribution >= 0.6 is 0 Å². The minimum atomic E-state index is -0.279. The number of aryl methyl sites for hydroxylation is 1. The fraction of sp³-hybridized carbons (Fsp3) is 0.125. The number of benzene rings is 2. The SMILES string of the molecule is CCn1c(Cc2ccnn2-c2cccc(F)c2)nc2cc(-c3ccncc3)ccc21. The molecule has 3 heterocycles. The number of nitrogens with zero attached hydrogens (tertiary/aromatic N) is 5. The summed E-state index contributed by atoms with van der Waals surface area (Å²) >= 11 is 0. The molecule has 0 aliphatic rings. The van der Waals surface area contributed by atoms with Gasteiger partial charge in [-0.05, 0) is 66.6 Å². The first-order valence-corrected chi connectivity index (χ1v) is 9.91. The van der Waals surface area contributed by atoms with Crippen LogP contribution in [0.5, 0.6) is 0 Å². The third-order valence-electron chi connectivity index (χ3n) is 5.27. The van der Waals surface area contributed by atoms with E-state index in [1.54, 1.807) is 29.3 Å². The first-order chi connectivity index (χ1) is 14.7. The fourth-order valence-corrected chi connectivity index (χ4v) is 3.86. The number of imidazole rings is 1. The van der Waals surface area contributed by atoms with Gasteiger partial charge in [0.1, 0.15) is 11.6 Å². The van der Waals surface area contributed by atoms with E-state index in [0.717, 1.165) is 40.2 Å². The number of hydrogen-bond acceptors (Lipinski definition) is 3. The van der Waals surface area contributed by atoms with E-state index in [4.69, 9.17) is 4.98 Å². The van der Waals surface area contributed by atoms with E-state index < -0.39 is 0 Å². The lowest BCUT2D eigenvalue weighted by Gasteiger charge is -2.09. The molecule has 30 heavy (non-hydrogen) atoms. The van der Waals surface area contributed by atoms with Gasteiger partial charge in [0.05, 0.1) is 22.4 Å². The molecule has 0 bridgehead atoms. The van der Waals surface area contributed by atoms with Crippen molar-refractivity contribution in [2.45, 2.75) is 19.9 Å². The predicted octanol–water partition coefficient (Wildman–Crippen LogP) is 5.03. The largest absolute Gasteiger partial charge is 0.328 e. The Labute approximate surface area is 173 Å². The highest BCUT2D eigenvalue weighted by Crippen LogP contribution is 2.26. The average molecular weight is 397 g/mol. The van der Waals surface area contributed by atoms with Crippen molar-refractivity contribution in [2.75, 3.05) is 0 Å². The molecule has 5 nitrogen and oxygen atoms in total. The Balaban J connectivity index is 1.55. The van der Waals surface area contributed by atoms with Crippen LogP contribution in [0, 0.1) is 5.82 Å². The van der Waals surface area contributed by atoms with E-state index in [1.807, 2.05) is 24.3 Å². The van der Waals surface area contributed by atoms with Crippen LogP contribution in [0.4, 0.5) is 4.39 Å². The highest BCUT2D eigenvalue weighted by atomic mass is 19.1. The summed E-state index contributed by atoms with van der Waals surface area (Å²) in [5.74, 6) is 0.677. The monoisotopic (exact) mass is 397 g/mol. The lowest BCUT2D eigenvalue weighted by atomic mass is 10.1. The maximum absolute atomic E-state index is 13.7. The van der Waals surface area contributed by atoms with Crippen LogP contribution in [0.25, 0.3) is 27.8 Å². The Bertz CT molecular complexity index is 1320. The van der Waals surface area contributed by atoms with Crippen molar-refractivity contribution in [3.05, 3.63) is 96.6 Å². The Morgan fingerprint density at radius 2 is 1.77 bits per heavy atom. The second-order valence-electron chi connectivity index (χ2n) is 7.10. The Morgan fingerprint density at radius 1 is 0.900 bits per heavy atom. The van der Waals surface area contributed by atoms with Crippen LogP contribution in [-0.4, -0.2) is 24.3 Å². The highest BCUT2D eigenvalue weighted by molar-refractivity contribution is 5.82. The van der Waals surface area contributed by atoms with E-state index in [-0.39, 0.29) is 5.82 Å². The molecule has 6 heteroatoms. The van der Waals surface area contributed by atoms with E-state index in [1.165, 1.54) is 12.1 Å². The van der Waals surface area contributed by atoms with Gasteiger partial charge in [-0.25, -0.2) is 14.1 Å². The van der Waals surface area contributed by atoms with Gasteiger partial charge in [0.2, 0.25) is 0 Å². The summed E-state index contributed by atoms with van der Waals surface area (Å²) in [5.41, 5.74) is 5.94. The molecule has 0 atom stereocenters. The zero-order chi connectivity index (χ0) is 20.5. The molecule has 2 aromatic carbocycles. The molecule has 0 saturated carbocycles. The second-order valence-corrected chi connectivity index (χ2v) is 7.10. The van der Waals surface area contributed by atoms with Crippen molar-refractivity contribution >= 4 is 11.0 Å². The third kappa shape index (κ3) is 3.26. The smallest absolute Gasteiger partial charge is 0.125 e. The molecule has 0 fully saturated rings. The van der Waals surface area contributed by atoms with Gasteiger partial charge in [-0.1, -0.05) is 12.1 Å². The van der Waals surface area contributed by atoms with Crippen LogP contribution in [0.1, 0.15) is 18.4 Å². The molecule has 0 amide bonds. The van der Waals surface area contributed by atoms with Crippen molar-refractivity contribution in [3.63, 3.8) is 0 Å². The zero-order valence-electron chi connectivity index (χ0n) is 16.5. The summed E-state index contributed by atoms with van der Waals surface area (Å²) in [5, 5.41) is 4.39. The minimum Gasteiger partial charge on any atom is -0.328 e. The van der Waals surface area contributed by atoms with E-state index in [9.17, 15) is 4.39 Å². The van der Waals surface area contributed by atoms with Crippen LogP contribution < -0.4 is 0 Å². The topological polar surface area (TPSA) is 48.5 Å². The number of aromatic nitrogens is 5. The molecule has 0 unspecified atom stereocenters. The van der Waals surface area contributed by atoms with Gasteiger partial charge in [-0.15, -0.1) is 0 Å². The summed E-state index contributed by atoms with van der Waals surface area (Å²) in [6.45, 7) is 2.93. The molecule has 5 rings (SSSR count). The number of fused-ring (bicyclic) bond motifs is 1. The lowest BCUT2D eigenvalue weighted by molar-refractivity contribution is 0.624. The van der Waals surface area contributed by atoms with Gasteiger partial charge in [0.25, 0.3) is 0 Å². The van der Waals surface area contributed by atoms with Crippen molar-refractivity contribution < 1.29 is 4.39 Å². The summed E-state index contributed by atoms with van der Waals surface area (Å²) in [6, 6.07) is 18.8. The first kappa shape index (κ1) is 18.2. The second kappa shape index (κ2) is 7.55. The number of rotatable bonds is 5. The zero-order valence-corrected chi connectivity index (χ0v) is 16.5. The number of pyridine rings is 1. The van der Waals surface area contributed by atoms with E-state index in [0.29, 0.717) is 12.1 Å². The average Bonchev–Trinajstić information content (AvgIpc) is 3.38. The minimum absolute atomic E-state index is 0.279. The maximum atomic E-state index is 13.7. The van der Waals surface area contributed by atoms with Crippen LogP contribution in [-0.2, 0) is 13.0 Å². The van der Waals surface area contributed by atoms with Gasteiger partial charge in [-0.2, -0.15) is 5.10 Å². The van der Waals surface area contributed by atoms with Gasteiger partial charge < -0.3 is 4.57 Å². The Hall–Kier alpha value is -3.80. The molecular weight excluding hydrogens is 377 g/mol. The van der Waals surface area contributed by atoms with Crippen molar-refractivity contribution in [1.82, 2.24) is 24.3 Å². The summed E-state index contributed by atoms with van der Waals surface area (Å²) in [4.78, 5) is 9.02. The van der Waals surface area contributed by atoms with Gasteiger partial charge in [-0.3, -0.25) is 4.98 Å². The number of hydrogen-bond donors (Lipinski definition) is 0. The molecule has 0 radical (unpaired) electrons. The van der Waals surface area contributed by atoms with Gasteiger partial charge in [0, 0.05) is 31.6 Å². The van der Waals surface area contributed by atoms with Crippen LogP contribution in [0.2, 0.25) is 0 Å². The normalized spacial score (nSPS) is 11.3. The summed E-state index contributed by atoms with van der Waals surface area (Å²) in [7, 11) is 0. The number of halogens is 1. The molecule has 148 valence electrons. The van der Waals surface area contributed by atoms with Crippen molar-refractivity contribution in [3.8, 4) is 16.8 Å². The van der Waals surface area contributed by atoms with Crippen LogP contribution in [0.15, 0.2) is 79.3 Å². The van der Waals surface area contributed by atoms with E-state index >= 15 is 0 Å². The molecule has 0 spiro atoms. The molecular formula is C24H20FN5. The standard InChI is InChI=1S/C24H20FN5/c1-2-29-23-7-6-18(17-8-11-26-12-9-17)14-22(23)28-24(29)16-21-10-13-27-30(21)20-5-3-4-19(25)15-20/h3-15H,2,16H2,1H3. The quantitative estimate of drug-likeness (QED) is 0.418. The molecule has 3 aromatic heterocycles. The Morgan fingerprint density at radius 3 is 2.57 bits per heavy atom. The van der Waals surface area contributed by atoms with Crippen molar-refractivity contribution in [1.29, 1.82) is 0 Å². The molecule has 0 saturated heterocycles. The molecule has 0 aliphatic carbocycles. The molecule has 5 aromatic rings.